The molecule has 1 aliphatic heterocycles. The number of pyridine rings is 1. The summed E-state index contributed by atoms with van der Waals surface area (Å²) in [5, 5.41) is 4.44. The number of hydrogen-bond acceptors (Lipinski definition) is 4. The Kier molecular flexibility index (Phi) is 3.70. The minimum Gasteiger partial charge on any atom is -0.476 e. The molecule has 1 N–H and O–H groups in total. The minimum absolute atomic E-state index is 0.552. The van der Waals surface area contributed by atoms with E-state index in [1.165, 1.54) is 21.4 Å². The van der Waals surface area contributed by atoms with Gasteiger partial charge in [-0.1, -0.05) is 24.3 Å². The van der Waals surface area contributed by atoms with Gasteiger partial charge in [-0.05, 0) is 29.8 Å². The monoisotopic (exact) mass is 308 g/mol. The zero-order chi connectivity index (χ0) is 14.8. The molecule has 4 rings (SSSR count). The first-order valence-corrected chi connectivity index (χ1v) is 8.31. The molecule has 4 heteroatoms. The first kappa shape index (κ1) is 13.6. The molecule has 0 amide bonds. The van der Waals surface area contributed by atoms with Crippen molar-refractivity contribution in [1.29, 1.82) is 0 Å². The van der Waals surface area contributed by atoms with Crippen molar-refractivity contribution in [2.45, 2.75) is 17.2 Å². The highest BCUT2D eigenvalue weighted by Gasteiger charge is 2.17. The van der Waals surface area contributed by atoms with Crippen LogP contribution >= 0.6 is 11.8 Å². The van der Waals surface area contributed by atoms with E-state index in [0.29, 0.717) is 6.73 Å². The van der Waals surface area contributed by atoms with Crippen LogP contribution in [0.25, 0.3) is 10.9 Å². The van der Waals surface area contributed by atoms with Gasteiger partial charge in [-0.15, -0.1) is 11.8 Å². The van der Waals surface area contributed by atoms with Gasteiger partial charge >= 0.3 is 0 Å². The largest absolute Gasteiger partial charge is 0.476 e. The van der Waals surface area contributed by atoms with E-state index in [4.69, 9.17) is 4.74 Å². The summed E-state index contributed by atoms with van der Waals surface area (Å²) in [6.07, 6.45) is 1.84. The standard InChI is InChI=1S/C18H16N2OS/c1-2-5-15(6-3-1)22-11-14-9-13-10-19-12-21-18(13)17-16(14)7-4-8-20-17/h1-9,19H,10-12H2. The van der Waals surface area contributed by atoms with Crippen molar-refractivity contribution in [3.05, 3.63) is 65.9 Å². The summed E-state index contributed by atoms with van der Waals surface area (Å²) in [7, 11) is 0. The molecule has 0 radical (unpaired) electrons. The second-order valence-corrected chi connectivity index (χ2v) is 6.29. The summed E-state index contributed by atoms with van der Waals surface area (Å²) in [6.45, 7) is 1.39. The van der Waals surface area contributed by atoms with Gasteiger partial charge in [-0.25, -0.2) is 0 Å². The minimum atomic E-state index is 0.552. The van der Waals surface area contributed by atoms with Gasteiger partial charge < -0.3 is 4.74 Å². The molecular formula is C18H16N2OS. The lowest BCUT2D eigenvalue weighted by Crippen LogP contribution is -2.25. The Bertz CT molecular complexity index is 805. The van der Waals surface area contributed by atoms with E-state index < -0.39 is 0 Å². The highest BCUT2D eigenvalue weighted by atomic mass is 32.2. The Hall–Kier alpha value is -2.04. The van der Waals surface area contributed by atoms with E-state index in [9.17, 15) is 0 Å². The molecule has 110 valence electrons. The Balaban J connectivity index is 1.74. The van der Waals surface area contributed by atoms with Gasteiger partial charge in [0.2, 0.25) is 0 Å². The average Bonchev–Trinajstić information content (AvgIpc) is 2.60. The SMILES string of the molecule is c1ccc(SCc2cc3c(c4ncccc24)OCNC3)cc1. The molecule has 22 heavy (non-hydrogen) atoms. The van der Waals surface area contributed by atoms with E-state index in [1.807, 2.05) is 30.1 Å². The number of rotatable bonds is 3. The van der Waals surface area contributed by atoms with Crippen molar-refractivity contribution in [2.75, 3.05) is 6.73 Å². The lowest BCUT2D eigenvalue weighted by Gasteiger charge is -2.21. The van der Waals surface area contributed by atoms with Gasteiger partial charge in [-0.2, -0.15) is 0 Å². The van der Waals surface area contributed by atoms with Gasteiger partial charge in [0.25, 0.3) is 0 Å². The van der Waals surface area contributed by atoms with Crippen molar-refractivity contribution in [2.24, 2.45) is 0 Å². The summed E-state index contributed by atoms with van der Waals surface area (Å²) in [5.41, 5.74) is 3.48. The third-order valence-electron chi connectivity index (χ3n) is 3.78. The maximum Gasteiger partial charge on any atom is 0.152 e. The number of fused-ring (bicyclic) bond motifs is 3. The van der Waals surface area contributed by atoms with Crippen molar-refractivity contribution in [3.8, 4) is 5.75 Å². The molecule has 3 aromatic rings. The predicted octanol–water partition coefficient (Wildman–Crippen LogP) is 3.97. The van der Waals surface area contributed by atoms with E-state index in [2.05, 4.69) is 46.7 Å². The fraction of sp³-hybridized carbons (Fsp3) is 0.167. The van der Waals surface area contributed by atoms with Gasteiger partial charge in [0.1, 0.15) is 12.2 Å². The lowest BCUT2D eigenvalue weighted by molar-refractivity contribution is 0.260. The van der Waals surface area contributed by atoms with Gasteiger partial charge in [0.05, 0.1) is 0 Å². The second kappa shape index (κ2) is 5.99. The van der Waals surface area contributed by atoms with Crippen LogP contribution in [0.3, 0.4) is 0 Å². The number of benzene rings is 2. The highest BCUT2D eigenvalue weighted by Crippen LogP contribution is 2.35. The van der Waals surface area contributed by atoms with Crippen LogP contribution in [-0.2, 0) is 12.3 Å². The Morgan fingerprint density at radius 3 is 2.95 bits per heavy atom. The molecule has 1 aliphatic rings. The van der Waals surface area contributed by atoms with Crippen LogP contribution in [-0.4, -0.2) is 11.7 Å². The summed E-state index contributed by atoms with van der Waals surface area (Å²) in [4.78, 5) is 5.83. The Morgan fingerprint density at radius 1 is 1.14 bits per heavy atom. The average molecular weight is 308 g/mol. The van der Waals surface area contributed by atoms with Crippen LogP contribution in [0.5, 0.6) is 5.75 Å². The quantitative estimate of drug-likeness (QED) is 0.743. The van der Waals surface area contributed by atoms with Crippen LogP contribution in [0, 0.1) is 0 Å². The molecule has 1 aromatic heterocycles. The van der Waals surface area contributed by atoms with Gasteiger partial charge in [-0.3, -0.25) is 10.3 Å². The van der Waals surface area contributed by atoms with Crippen LogP contribution in [0.1, 0.15) is 11.1 Å². The molecule has 0 saturated carbocycles. The fourth-order valence-corrected chi connectivity index (χ4v) is 3.66. The van der Waals surface area contributed by atoms with Crippen LogP contribution in [0.15, 0.2) is 59.6 Å². The molecule has 2 heterocycles. The van der Waals surface area contributed by atoms with Gasteiger partial charge in [0.15, 0.2) is 5.75 Å². The normalized spacial score (nSPS) is 13.6. The van der Waals surface area contributed by atoms with Crippen LogP contribution in [0.2, 0.25) is 0 Å². The number of hydrogen-bond donors (Lipinski definition) is 1. The summed E-state index contributed by atoms with van der Waals surface area (Å²) in [6, 6.07) is 16.9. The molecule has 0 bridgehead atoms. The van der Waals surface area contributed by atoms with Crippen molar-refractivity contribution in [3.63, 3.8) is 0 Å². The zero-order valence-corrected chi connectivity index (χ0v) is 12.9. The summed E-state index contributed by atoms with van der Waals surface area (Å²) in [5.74, 6) is 1.86. The van der Waals surface area contributed by atoms with E-state index >= 15 is 0 Å². The smallest absolute Gasteiger partial charge is 0.152 e. The molecule has 0 spiro atoms. The third kappa shape index (κ3) is 2.56. The second-order valence-electron chi connectivity index (χ2n) is 5.24. The van der Waals surface area contributed by atoms with Crippen molar-refractivity contribution in [1.82, 2.24) is 10.3 Å². The van der Waals surface area contributed by atoms with Crippen LogP contribution in [0.4, 0.5) is 0 Å². The fourth-order valence-electron chi connectivity index (χ4n) is 2.75. The first-order valence-electron chi connectivity index (χ1n) is 7.32. The van der Waals surface area contributed by atoms with Crippen molar-refractivity contribution < 1.29 is 4.74 Å². The first-order chi connectivity index (χ1) is 10.9. The number of thioether (sulfide) groups is 1. The van der Waals surface area contributed by atoms with E-state index in [-0.39, 0.29) is 0 Å². The number of nitrogens with one attached hydrogen (secondary N) is 1. The molecule has 0 fully saturated rings. The molecule has 3 nitrogen and oxygen atoms in total. The molecule has 0 aliphatic carbocycles. The number of ether oxygens (including phenoxy) is 1. The zero-order valence-electron chi connectivity index (χ0n) is 12.1. The number of aromatic nitrogens is 1. The molecule has 0 saturated heterocycles. The Labute approximate surface area is 133 Å². The molecule has 0 unspecified atom stereocenters. The van der Waals surface area contributed by atoms with E-state index in [1.54, 1.807) is 0 Å². The Morgan fingerprint density at radius 2 is 2.05 bits per heavy atom. The highest BCUT2D eigenvalue weighted by molar-refractivity contribution is 7.98. The van der Waals surface area contributed by atoms with Crippen molar-refractivity contribution >= 4 is 22.7 Å². The molecule has 0 atom stereocenters. The number of nitrogens with zero attached hydrogens (tertiary/aromatic N) is 1. The topological polar surface area (TPSA) is 34.1 Å². The predicted molar refractivity (Wildman–Crippen MR) is 90.1 cm³/mol. The molecule has 2 aromatic carbocycles. The summed E-state index contributed by atoms with van der Waals surface area (Å²) < 4.78 is 5.77. The molecular weight excluding hydrogens is 292 g/mol. The third-order valence-corrected chi connectivity index (χ3v) is 4.84. The lowest BCUT2D eigenvalue weighted by atomic mass is 10.0. The maximum absolute atomic E-state index is 5.77. The summed E-state index contributed by atoms with van der Waals surface area (Å²) >= 11 is 1.85. The van der Waals surface area contributed by atoms with Gasteiger partial charge in [0, 0.05) is 34.3 Å². The van der Waals surface area contributed by atoms with Crippen LogP contribution < -0.4 is 10.1 Å². The maximum atomic E-state index is 5.77. The van der Waals surface area contributed by atoms with E-state index in [0.717, 1.165) is 23.6 Å².